The number of aromatic nitrogens is 1. The zero-order chi connectivity index (χ0) is 21.3. The maximum atomic E-state index is 13.7. The van der Waals surface area contributed by atoms with Crippen LogP contribution in [-0.2, 0) is 12.4 Å². The summed E-state index contributed by atoms with van der Waals surface area (Å²) in [5.41, 5.74) is -5.61. The Balaban J connectivity index is 2.22. The number of imide groups is 1. The molecule has 0 spiro atoms. The minimum atomic E-state index is -5.09. The number of nitrogens with one attached hydrogen (secondary N) is 2. The molecule has 0 aliphatic carbocycles. The predicted octanol–water partition coefficient (Wildman–Crippen LogP) is 4.36. The van der Waals surface area contributed by atoms with Gasteiger partial charge in [0.25, 0.3) is 5.91 Å². The number of hydrogen-bond donors (Lipinski definition) is 2. The van der Waals surface area contributed by atoms with Crippen LogP contribution in [0.1, 0.15) is 21.6 Å². The maximum Gasteiger partial charge on any atom is 0.435 e. The monoisotopic (exact) mass is 413 g/mol. The molecule has 0 unspecified atom stereocenters. The fraction of sp³-hybridized carbons (Fsp3) is 0.133. The molecule has 2 N–H and O–H groups in total. The van der Waals surface area contributed by atoms with Crippen molar-refractivity contribution in [2.75, 3.05) is 5.32 Å². The number of anilines is 1. The SMILES string of the molecule is O=C(NC(=O)c1c(F)cc(C(F)(F)F)cc1F)Nc1cccnc1C(F)(F)F. The lowest BCUT2D eigenvalue weighted by atomic mass is 10.1. The molecule has 13 heteroatoms. The lowest BCUT2D eigenvalue weighted by molar-refractivity contribution is -0.140. The quantitative estimate of drug-likeness (QED) is 0.719. The number of amides is 3. The van der Waals surface area contributed by atoms with Gasteiger partial charge < -0.3 is 5.32 Å². The highest BCUT2D eigenvalue weighted by atomic mass is 19.4. The van der Waals surface area contributed by atoms with Crippen LogP contribution in [0.2, 0.25) is 0 Å². The van der Waals surface area contributed by atoms with E-state index in [0.29, 0.717) is 0 Å². The van der Waals surface area contributed by atoms with E-state index in [0.717, 1.165) is 18.3 Å². The first-order valence-corrected chi connectivity index (χ1v) is 7.01. The van der Waals surface area contributed by atoms with Gasteiger partial charge in [-0.25, -0.2) is 18.6 Å². The molecular formula is C15H7F8N3O2. The Morgan fingerprint density at radius 3 is 2.00 bits per heavy atom. The van der Waals surface area contributed by atoms with Gasteiger partial charge in [0.15, 0.2) is 5.69 Å². The first kappa shape index (κ1) is 21.1. The van der Waals surface area contributed by atoms with Gasteiger partial charge in [0.05, 0.1) is 11.3 Å². The number of nitrogens with zero attached hydrogens (tertiary/aromatic N) is 1. The molecule has 3 amide bonds. The van der Waals surface area contributed by atoms with E-state index in [2.05, 4.69) is 4.98 Å². The number of pyridine rings is 1. The lowest BCUT2D eigenvalue weighted by Gasteiger charge is -2.13. The van der Waals surface area contributed by atoms with Crippen LogP contribution in [-0.4, -0.2) is 16.9 Å². The summed E-state index contributed by atoms with van der Waals surface area (Å²) in [6.07, 6.45) is -9.27. The third kappa shape index (κ3) is 4.72. The summed E-state index contributed by atoms with van der Waals surface area (Å²) in [7, 11) is 0. The average molecular weight is 413 g/mol. The summed E-state index contributed by atoms with van der Waals surface area (Å²) >= 11 is 0. The van der Waals surface area contributed by atoms with Gasteiger partial charge in [-0.1, -0.05) is 0 Å². The highest BCUT2D eigenvalue weighted by Crippen LogP contribution is 2.33. The molecule has 1 heterocycles. The van der Waals surface area contributed by atoms with Crippen molar-refractivity contribution >= 4 is 17.6 Å². The van der Waals surface area contributed by atoms with E-state index in [9.17, 15) is 44.7 Å². The topological polar surface area (TPSA) is 71.1 Å². The standard InChI is InChI=1S/C15H7F8N3O2/c16-7-4-6(14(18,19)20)5-8(17)10(7)12(27)26-13(28)25-9-2-1-3-24-11(9)15(21,22)23/h1-5H,(H2,25,26,27,28). The number of hydrogen-bond acceptors (Lipinski definition) is 3. The molecule has 2 rings (SSSR count). The number of benzene rings is 1. The Morgan fingerprint density at radius 1 is 0.929 bits per heavy atom. The van der Waals surface area contributed by atoms with Crippen molar-refractivity contribution in [2.24, 2.45) is 0 Å². The van der Waals surface area contributed by atoms with Crippen molar-refractivity contribution in [1.82, 2.24) is 10.3 Å². The molecule has 0 fully saturated rings. The van der Waals surface area contributed by atoms with Gasteiger partial charge in [-0.3, -0.25) is 10.1 Å². The molecular weight excluding hydrogens is 406 g/mol. The van der Waals surface area contributed by atoms with Crippen molar-refractivity contribution < 1.29 is 44.7 Å². The Kier molecular flexibility index (Phi) is 5.57. The molecule has 2 aromatic rings. The molecule has 1 aromatic carbocycles. The molecule has 0 saturated heterocycles. The Morgan fingerprint density at radius 2 is 1.50 bits per heavy atom. The van der Waals surface area contributed by atoms with E-state index in [4.69, 9.17) is 0 Å². The fourth-order valence-corrected chi connectivity index (χ4v) is 2.00. The summed E-state index contributed by atoms with van der Waals surface area (Å²) in [5.74, 6) is -5.65. The third-order valence-corrected chi connectivity index (χ3v) is 3.15. The molecule has 28 heavy (non-hydrogen) atoms. The van der Waals surface area contributed by atoms with Crippen LogP contribution >= 0.6 is 0 Å². The summed E-state index contributed by atoms with van der Waals surface area (Å²) in [5, 5.41) is 2.93. The molecule has 0 atom stereocenters. The molecule has 0 bridgehead atoms. The molecule has 0 radical (unpaired) electrons. The van der Waals surface area contributed by atoms with Crippen LogP contribution in [0.3, 0.4) is 0 Å². The first-order chi connectivity index (χ1) is 12.8. The summed E-state index contributed by atoms with van der Waals surface area (Å²) in [6, 6.07) is -0.138. The second-order valence-electron chi connectivity index (χ2n) is 5.12. The Bertz CT molecular complexity index is 901. The highest BCUT2D eigenvalue weighted by molar-refractivity contribution is 6.08. The van der Waals surface area contributed by atoms with Crippen LogP contribution < -0.4 is 10.6 Å². The van der Waals surface area contributed by atoms with Gasteiger partial charge in [0, 0.05) is 6.20 Å². The normalized spacial score (nSPS) is 11.9. The largest absolute Gasteiger partial charge is 0.435 e. The highest BCUT2D eigenvalue weighted by Gasteiger charge is 2.36. The van der Waals surface area contributed by atoms with Gasteiger partial charge in [-0.2, -0.15) is 26.3 Å². The lowest BCUT2D eigenvalue weighted by Crippen LogP contribution is -2.36. The Hall–Kier alpha value is -3.25. The molecule has 0 aliphatic heterocycles. The zero-order valence-corrected chi connectivity index (χ0v) is 13.2. The van der Waals surface area contributed by atoms with Crippen molar-refractivity contribution in [2.45, 2.75) is 12.4 Å². The van der Waals surface area contributed by atoms with Crippen LogP contribution in [0.5, 0.6) is 0 Å². The number of urea groups is 1. The fourth-order valence-electron chi connectivity index (χ4n) is 2.00. The van der Waals surface area contributed by atoms with Crippen molar-refractivity contribution in [3.63, 3.8) is 0 Å². The van der Waals surface area contributed by atoms with Gasteiger partial charge in [0.2, 0.25) is 0 Å². The third-order valence-electron chi connectivity index (χ3n) is 3.15. The van der Waals surface area contributed by atoms with E-state index < -0.39 is 58.4 Å². The van der Waals surface area contributed by atoms with Gasteiger partial charge in [-0.05, 0) is 24.3 Å². The maximum absolute atomic E-state index is 13.7. The predicted molar refractivity (Wildman–Crippen MR) is 77.1 cm³/mol. The minimum Gasteiger partial charge on any atom is -0.306 e. The van der Waals surface area contributed by atoms with Gasteiger partial charge in [-0.15, -0.1) is 0 Å². The second-order valence-corrected chi connectivity index (χ2v) is 5.12. The summed E-state index contributed by atoms with van der Waals surface area (Å²) in [4.78, 5) is 26.4. The van der Waals surface area contributed by atoms with Crippen molar-refractivity contribution in [3.05, 3.63) is 58.9 Å². The number of carbonyl (C=O) groups is 2. The van der Waals surface area contributed by atoms with Crippen LogP contribution in [0.25, 0.3) is 0 Å². The van der Waals surface area contributed by atoms with Crippen LogP contribution in [0, 0.1) is 11.6 Å². The van der Waals surface area contributed by atoms with E-state index in [-0.39, 0.29) is 12.1 Å². The van der Waals surface area contributed by atoms with E-state index >= 15 is 0 Å². The van der Waals surface area contributed by atoms with Crippen molar-refractivity contribution in [1.29, 1.82) is 0 Å². The number of carbonyl (C=O) groups excluding carboxylic acids is 2. The summed E-state index contributed by atoms with van der Waals surface area (Å²) < 4.78 is 103. The van der Waals surface area contributed by atoms with Gasteiger partial charge in [0.1, 0.15) is 17.2 Å². The van der Waals surface area contributed by atoms with Crippen molar-refractivity contribution in [3.8, 4) is 0 Å². The molecule has 0 aliphatic rings. The zero-order valence-electron chi connectivity index (χ0n) is 13.2. The second kappa shape index (κ2) is 7.40. The van der Waals surface area contributed by atoms with E-state index in [1.807, 2.05) is 0 Å². The number of alkyl halides is 6. The van der Waals surface area contributed by atoms with Crippen LogP contribution in [0.15, 0.2) is 30.5 Å². The number of halogens is 8. The first-order valence-electron chi connectivity index (χ1n) is 7.01. The average Bonchev–Trinajstić information content (AvgIpc) is 2.52. The number of rotatable bonds is 2. The van der Waals surface area contributed by atoms with E-state index in [1.54, 1.807) is 5.32 Å². The van der Waals surface area contributed by atoms with E-state index in [1.165, 1.54) is 5.32 Å². The summed E-state index contributed by atoms with van der Waals surface area (Å²) in [6.45, 7) is 0. The smallest absolute Gasteiger partial charge is 0.306 e. The Labute approximate surface area is 150 Å². The van der Waals surface area contributed by atoms with Crippen LogP contribution in [0.4, 0.5) is 45.6 Å². The van der Waals surface area contributed by atoms with Gasteiger partial charge >= 0.3 is 18.4 Å². The minimum absolute atomic E-state index is 0.168. The molecule has 0 saturated carbocycles. The molecule has 150 valence electrons. The molecule has 1 aromatic heterocycles. The molecule has 5 nitrogen and oxygen atoms in total.